The average Bonchev–Trinajstić information content (AvgIpc) is 1.95. The van der Waals surface area contributed by atoms with Gasteiger partial charge in [-0.1, -0.05) is 270 Å². The SMILES string of the molecule is CC/C=C\C/C=C\C/C=C\C/C=C\C/C=C\C/C=C\CCCCC(=O)OCC(COP(=O)(O)OCC(O)COP(=O)(O)OCC(O)COC(=O)CCCCCCCCCCCCCCC/C=C\C/C=C\C/C=C\C/C=C\CCCCC)OC(=O)CCCCCCC/C=C\CCCC. The van der Waals surface area contributed by atoms with Crippen molar-refractivity contribution in [1.29, 1.82) is 0 Å². The molecule has 0 fully saturated rings. The van der Waals surface area contributed by atoms with Crippen LogP contribution in [-0.4, -0.2) is 95.9 Å². The van der Waals surface area contributed by atoms with Crippen LogP contribution in [0.4, 0.5) is 0 Å². The van der Waals surface area contributed by atoms with Crippen LogP contribution in [0.5, 0.6) is 0 Å². The van der Waals surface area contributed by atoms with Crippen LogP contribution in [0.2, 0.25) is 0 Å². The van der Waals surface area contributed by atoms with E-state index in [9.17, 15) is 43.5 Å². The summed E-state index contributed by atoms with van der Waals surface area (Å²) in [5.41, 5.74) is 0. The Bertz CT molecular complexity index is 2300. The Morgan fingerprint density at radius 1 is 0.299 bits per heavy atom. The predicted octanol–water partition coefficient (Wildman–Crippen LogP) is 21.5. The van der Waals surface area contributed by atoms with Crippen molar-refractivity contribution in [3.8, 4) is 0 Å². The molecular formula is C79H134O16P2. The molecule has 0 aromatic carbocycles. The minimum Gasteiger partial charge on any atom is -0.463 e. The van der Waals surface area contributed by atoms with Gasteiger partial charge in [-0.05, 0) is 135 Å². The first-order chi connectivity index (χ1) is 47.2. The van der Waals surface area contributed by atoms with E-state index in [2.05, 4.69) is 154 Å². The first-order valence-corrected chi connectivity index (χ1v) is 40.5. The first kappa shape index (κ1) is 92.7. The highest BCUT2D eigenvalue weighted by Gasteiger charge is 2.29. The maximum atomic E-state index is 12.9. The second-order valence-electron chi connectivity index (χ2n) is 24.7. The van der Waals surface area contributed by atoms with Gasteiger partial charge in [-0.15, -0.1) is 0 Å². The van der Waals surface area contributed by atoms with Gasteiger partial charge in [0.2, 0.25) is 0 Å². The van der Waals surface area contributed by atoms with Gasteiger partial charge in [-0.3, -0.25) is 32.5 Å². The predicted molar refractivity (Wildman–Crippen MR) is 399 cm³/mol. The summed E-state index contributed by atoms with van der Waals surface area (Å²) >= 11 is 0. The Kier molecular flexibility index (Phi) is 68.3. The van der Waals surface area contributed by atoms with Crippen molar-refractivity contribution >= 4 is 33.6 Å². The summed E-state index contributed by atoms with van der Waals surface area (Å²) in [4.78, 5) is 58.4. The molecule has 0 aromatic heterocycles. The zero-order valence-electron chi connectivity index (χ0n) is 60.5. The Morgan fingerprint density at radius 2 is 0.557 bits per heavy atom. The third-order valence-electron chi connectivity index (χ3n) is 15.3. The van der Waals surface area contributed by atoms with Gasteiger partial charge < -0.3 is 34.2 Å². The molecule has 4 N–H and O–H groups in total. The molecule has 0 saturated carbocycles. The standard InChI is InChI=1S/C79H134O16P2/c1-4-7-10-13-16-19-22-24-26-28-30-32-33-34-35-36-37-38-39-41-43-44-46-48-51-53-56-59-62-65-77(82)89-68-74(80)69-91-96(85,86)92-70-75(81)71-93-97(87,88)94-73-76(95-79(84)67-64-61-58-55-50-21-18-15-12-9-6-3)72-90-78(83)66-63-60-57-54-52-49-47-45-42-40-31-29-27-25-23-20-17-14-11-8-5-2/h8,11,15-20,24-27,30-32,34-35,40,45,47,52,54,74-76,80-81H,4-7,9-10,12-14,21-23,28-29,33,36-39,41-44,46,48-51,53,55-73H2,1-3H3,(H,85,86)(H,87,88)/b11-8-,18-15-,19-16-,20-17-,26-24-,27-25-,32-30-,35-34-,40-31-,47-45-,54-52-. The molecule has 97 heavy (non-hydrogen) atoms. The second kappa shape index (κ2) is 71.5. The van der Waals surface area contributed by atoms with E-state index in [1.54, 1.807) is 0 Å². The average molecular weight is 1400 g/mol. The minimum atomic E-state index is -4.94. The summed E-state index contributed by atoms with van der Waals surface area (Å²) < 4.78 is 60.9. The molecule has 0 spiro atoms. The van der Waals surface area contributed by atoms with Crippen LogP contribution in [0.3, 0.4) is 0 Å². The molecule has 556 valence electrons. The lowest BCUT2D eigenvalue weighted by atomic mass is 10.0. The van der Waals surface area contributed by atoms with Crippen molar-refractivity contribution < 1.29 is 75.8 Å². The summed E-state index contributed by atoms with van der Waals surface area (Å²) in [6.45, 7) is 2.42. The maximum absolute atomic E-state index is 12.9. The summed E-state index contributed by atoms with van der Waals surface area (Å²) in [6, 6.07) is 0. The molecule has 0 bridgehead atoms. The first-order valence-electron chi connectivity index (χ1n) is 37.5. The van der Waals surface area contributed by atoms with Gasteiger partial charge in [-0.25, -0.2) is 9.13 Å². The molecule has 5 unspecified atom stereocenters. The Morgan fingerprint density at radius 3 is 0.928 bits per heavy atom. The van der Waals surface area contributed by atoms with E-state index >= 15 is 0 Å². The van der Waals surface area contributed by atoms with Crippen LogP contribution in [0.25, 0.3) is 0 Å². The number of carbonyl (C=O) groups excluding carboxylic acids is 3. The molecule has 0 rings (SSSR count). The van der Waals surface area contributed by atoms with Crippen molar-refractivity contribution in [1.82, 2.24) is 0 Å². The quantitative estimate of drug-likeness (QED) is 0.0146. The van der Waals surface area contributed by atoms with Gasteiger partial charge in [-0.2, -0.15) is 0 Å². The van der Waals surface area contributed by atoms with E-state index in [0.29, 0.717) is 19.3 Å². The van der Waals surface area contributed by atoms with Crippen LogP contribution in [-0.2, 0) is 55.8 Å². The van der Waals surface area contributed by atoms with E-state index in [0.717, 1.165) is 135 Å². The number of esters is 3. The highest BCUT2D eigenvalue weighted by Crippen LogP contribution is 2.45. The number of ether oxygens (including phenoxy) is 3. The number of carbonyl (C=O) groups is 3. The third-order valence-corrected chi connectivity index (χ3v) is 17.2. The topological polar surface area (TPSA) is 231 Å². The number of aliphatic hydroxyl groups is 2. The zero-order valence-corrected chi connectivity index (χ0v) is 62.2. The van der Waals surface area contributed by atoms with Gasteiger partial charge in [0.15, 0.2) is 6.10 Å². The zero-order chi connectivity index (χ0) is 70.9. The summed E-state index contributed by atoms with van der Waals surface area (Å²) in [5.74, 6) is -1.64. The maximum Gasteiger partial charge on any atom is 0.472 e. The molecule has 0 aromatic rings. The molecule has 16 nitrogen and oxygen atoms in total. The van der Waals surface area contributed by atoms with E-state index in [1.165, 1.54) is 96.3 Å². The van der Waals surface area contributed by atoms with Crippen LogP contribution >= 0.6 is 15.6 Å². The lowest BCUT2D eigenvalue weighted by Crippen LogP contribution is -2.30. The largest absolute Gasteiger partial charge is 0.472 e. The van der Waals surface area contributed by atoms with Gasteiger partial charge in [0.1, 0.15) is 25.4 Å². The van der Waals surface area contributed by atoms with Crippen LogP contribution in [0.15, 0.2) is 134 Å². The van der Waals surface area contributed by atoms with Gasteiger partial charge in [0.05, 0.1) is 26.4 Å². The van der Waals surface area contributed by atoms with E-state index < -0.39 is 91.5 Å². The van der Waals surface area contributed by atoms with Gasteiger partial charge in [0, 0.05) is 19.3 Å². The Balaban J connectivity index is 4.49. The number of hydrogen-bond acceptors (Lipinski definition) is 14. The fourth-order valence-electron chi connectivity index (χ4n) is 9.60. The fourth-order valence-corrected chi connectivity index (χ4v) is 11.2. The van der Waals surface area contributed by atoms with E-state index in [1.807, 2.05) is 0 Å². The monoisotopic (exact) mass is 1400 g/mol. The number of rotatable bonds is 70. The highest BCUT2D eigenvalue weighted by atomic mass is 31.2. The summed E-state index contributed by atoms with van der Waals surface area (Å²) in [6.07, 6.45) is 85.2. The minimum absolute atomic E-state index is 0.0809. The molecule has 0 amide bonds. The van der Waals surface area contributed by atoms with Crippen molar-refractivity contribution in [3.05, 3.63) is 134 Å². The second-order valence-corrected chi connectivity index (χ2v) is 27.6. The molecule has 18 heteroatoms. The van der Waals surface area contributed by atoms with Gasteiger partial charge in [0.25, 0.3) is 0 Å². The number of phosphoric acid groups is 2. The van der Waals surface area contributed by atoms with Crippen molar-refractivity contribution in [2.45, 2.75) is 309 Å². The van der Waals surface area contributed by atoms with Crippen molar-refractivity contribution in [2.24, 2.45) is 0 Å². The van der Waals surface area contributed by atoms with Crippen LogP contribution < -0.4 is 0 Å². The third kappa shape index (κ3) is 72.8. The molecule has 5 atom stereocenters. The van der Waals surface area contributed by atoms with Crippen LogP contribution in [0.1, 0.15) is 290 Å². The number of allylic oxidation sites excluding steroid dienone is 22. The van der Waals surface area contributed by atoms with Gasteiger partial charge >= 0.3 is 33.6 Å². The molecule has 0 aliphatic rings. The lowest BCUT2D eigenvalue weighted by molar-refractivity contribution is -0.161. The Labute approximate surface area is 588 Å². The lowest BCUT2D eigenvalue weighted by Gasteiger charge is -2.21. The van der Waals surface area contributed by atoms with Crippen molar-refractivity contribution in [3.63, 3.8) is 0 Å². The smallest absolute Gasteiger partial charge is 0.463 e. The summed E-state index contributed by atoms with van der Waals surface area (Å²) in [7, 11) is -9.80. The molecule has 0 saturated heterocycles. The summed E-state index contributed by atoms with van der Waals surface area (Å²) in [5, 5.41) is 20.6. The number of aliphatic hydroxyl groups excluding tert-OH is 2. The molecule has 0 aliphatic carbocycles. The number of hydrogen-bond donors (Lipinski definition) is 4. The molecule has 0 heterocycles. The fraction of sp³-hybridized carbons (Fsp3) is 0.684. The van der Waals surface area contributed by atoms with E-state index in [4.69, 9.17) is 32.3 Å². The highest BCUT2D eigenvalue weighted by molar-refractivity contribution is 7.47. The molecular weight excluding hydrogens is 1270 g/mol. The number of phosphoric ester groups is 2. The van der Waals surface area contributed by atoms with Crippen LogP contribution in [0, 0.1) is 0 Å². The molecule has 0 radical (unpaired) electrons. The van der Waals surface area contributed by atoms with Crippen molar-refractivity contribution in [2.75, 3.05) is 39.6 Å². The molecule has 0 aliphatic heterocycles. The van der Waals surface area contributed by atoms with E-state index in [-0.39, 0.29) is 19.3 Å². The normalized spacial score (nSPS) is 14.8. The number of unbranched alkanes of at least 4 members (excludes halogenated alkanes) is 25. The Hall–Kier alpha value is -4.31.